The molecule has 0 N–H and O–H groups in total. The maximum Gasteiger partial charge on any atom is 0.256 e. The van der Waals surface area contributed by atoms with Crippen molar-refractivity contribution in [1.82, 2.24) is 14.9 Å². The lowest BCUT2D eigenvalue weighted by Crippen LogP contribution is -2.36. The van der Waals surface area contributed by atoms with Crippen LogP contribution in [0.3, 0.4) is 0 Å². The Labute approximate surface area is 238 Å². The number of fused-ring (bicyclic) bond motifs is 1. The monoisotopic (exact) mass is 554 g/mol. The van der Waals surface area contributed by atoms with Crippen LogP contribution in [0.5, 0.6) is 11.5 Å². The van der Waals surface area contributed by atoms with Crippen LogP contribution in [0.25, 0.3) is 11.3 Å². The fraction of sp³-hybridized carbons (Fsp3) is 0.281. The maximum absolute atomic E-state index is 14.8. The van der Waals surface area contributed by atoms with Gasteiger partial charge in [0.2, 0.25) is 0 Å². The van der Waals surface area contributed by atoms with Crippen LogP contribution in [-0.4, -0.2) is 61.3 Å². The molecule has 2 aliphatic heterocycles. The van der Waals surface area contributed by atoms with Gasteiger partial charge in [-0.2, -0.15) is 0 Å². The van der Waals surface area contributed by atoms with E-state index >= 15 is 0 Å². The zero-order valence-electron chi connectivity index (χ0n) is 23.1. The highest BCUT2D eigenvalue weighted by molar-refractivity contribution is 5.99. The van der Waals surface area contributed by atoms with Gasteiger partial charge in [0.1, 0.15) is 17.3 Å². The minimum atomic E-state index is -0.358. The molecule has 0 bridgehead atoms. The van der Waals surface area contributed by atoms with Gasteiger partial charge in [0.05, 0.1) is 69.4 Å². The second kappa shape index (κ2) is 11.5. The van der Waals surface area contributed by atoms with Crippen molar-refractivity contribution in [2.24, 2.45) is 0 Å². The highest BCUT2D eigenvalue weighted by atomic mass is 19.1. The number of aromatic nitrogens is 2. The molecule has 0 saturated carbocycles. The van der Waals surface area contributed by atoms with Gasteiger partial charge in [-0.15, -0.1) is 0 Å². The van der Waals surface area contributed by atoms with E-state index in [4.69, 9.17) is 24.2 Å². The molecule has 4 heterocycles. The van der Waals surface area contributed by atoms with Crippen molar-refractivity contribution < 1.29 is 23.4 Å². The Balaban J connectivity index is 1.33. The smallest absolute Gasteiger partial charge is 0.256 e. The first kappa shape index (κ1) is 26.7. The Morgan fingerprint density at radius 2 is 1.80 bits per heavy atom. The van der Waals surface area contributed by atoms with Crippen molar-refractivity contribution >= 4 is 11.6 Å². The number of methoxy groups -OCH3 is 2. The predicted octanol–water partition coefficient (Wildman–Crippen LogP) is 4.88. The number of benzene rings is 2. The molecule has 9 heteroatoms. The number of amides is 1. The third kappa shape index (κ3) is 5.45. The maximum atomic E-state index is 14.8. The van der Waals surface area contributed by atoms with E-state index in [-0.39, 0.29) is 11.7 Å². The topological polar surface area (TPSA) is 77.0 Å². The van der Waals surface area contributed by atoms with E-state index in [9.17, 15) is 9.18 Å². The molecule has 6 rings (SSSR count). The zero-order chi connectivity index (χ0) is 28.3. The summed E-state index contributed by atoms with van der Waals surface area (Å²) in [6.07, 6.45) is 2.28. The van der Waals surface area contributed by atoms with Gasteiger partial charge in [0.15, 0.2) is 0 Å². The molecule has 1 fully saturated rings. The van der Waals surface area contributed by atoms with Crippen molar-refractivity contribution in [3.63, 3.8) is 0 Å². The van der Waals surface area contributed by atoms with E-state index in [1.165, 1.54) is 6.07 Å². The summed E-state index contributed by atoms with van der Waals surface area (Å²) in [5, 5.41) is 0. The van der Waals surface area contributed by atoms with Gasteiger partial charge >= 0.3 is 0 Å². The normalized spacial score (nSPS) is 14.8. The van der Waals surface area contributed by atoms with Gasteiger partial charge in [-0.1, -0.05) is 12.1 Å². The van der Waals surface area contributed by atoms with Crippen molar-refractivity contribution in [1.29, 1.82) is 0 Å². The molecule has 210 valence electrons. The second-order valence-electron chi connectivity index (χ2n) is 10.1. The number of hydrogen-bond acceptors (Lipinski definition) is 7. The van der Waals surface area contributed by atoms with Crippen LogP contribution < -0.4 is 14.4 Å². The molecule has 0 spiro atoms. The minimum Gasteiger partial charge on any atom is -0.497 e. The SMILES string of the molecule is COc1ccc(CN2Cc3nc(-c4ccccc4F)cc(Cc4ccc(N5CCOCC5)cn4)c3C2=O)c(OC)c1. The fourth-order valence-corrected chi connectivity index (χ4v) is 5.43. The average Bonchev–Trinajstić information content (AvgIpc) is 3.33. The Kier molecular flexibility index (Phi) is 7.52. The summed E-state index contributed by atoms with van der Waals surface area (Å²) in [5.74, 6) is 0.832. The standard InChI is InChI=1S/C32H31FN4O4/c1-39-25-10-7-21(30(17-25)40-2)19-37-20-29-31(32(37)38)22(16-28(35-29)26-5-3-4-6-27(26)33)15-23-8-9-24(18-34-23)36-11-13-41-14-12-36/h3-10,16-18H,11-15,19-20H2,1-2H3. The van der Waals surface area contributed by atoms with E-state index in [1.54, 1.807) is 43.4 Å². The summed E-state index contributed by atoms with van der Waals surface area (Å²) in [4.78, 5) is 27.3. The highest BCUT2D eigenvalue weighted by Gasteiger charge is 2.33. The third-order valence-electron chi connectivity index (χ3n) is 7.58. The summed E-state index contributed by atoms with van der Waals surface area (Å²) in [7, 11) is 3.19. The van der Waals surface area contributed by atoms with Gasteiger partial charge in [0, 0.05) is 42.4 Å². The van der Waals surface area contributed by atoms with E-state index in [0.29, 0.717) is 66.7 Å². The van der Waals surface area contributed by atoms with Crippen LogP contribution in [0.2, 0.25) is 0 Å². The number of rotatable bonds is 8. The lowest BCUT2D eigenvalue weighted by molar-refractivity contribution is 0.0764. The van der Waals surface area contributed by atoms with E-state index < -0.39 is 0 Å². The number of anilines is 1. The molecule has 0 radical (unpaired) electrons. The van der Waals surface area contributed by atoms with Crippen molar-refractivity contribution in [3.8, 4) is 22.8 Å². The first-order valence-electron chi connectivity index (χ1n) is 13.6. The first-order valence-corrected chi connectivity index (χ1v) is 13.6. The van der Waals surface area contributed by atoms with Crippen molar-refractivity contribution in [2.75, 3.05) is 45.4 Å². The summed E-state index contributed by atoms with van der Waals surface area (Å²) in [6, 6.07) is 18.0. The molecule has 8 nitrogen and oxygen atoms in total. The minimum absolute atomic E-state index is 0.120. The van der Waals surface area contributed by atoms with Crippen LogP contribution in [0, 0.1) is 5.82 Å². The van der Waals surface area contributed by atoms with Crippen LogP contribution in [0.15, 0.2) is 66.9 Å². The fourth-order valence-electron chi connectivity index (χ4n) is 5.43. The zero-order valence-corrected chi connectivity index (χ0v) is 23.1. The van der Waals surface area contributed by atoms with Crippen molar-refractivity contribution in [2.45, 2.75) is 19.5 Å². The average molecular weight is 555 g/mol. The van der Waals surface area contributed by atoms with Crippen LogP contribution >= 0.6 is 0 Å². The molecule has 4 aromatic rings. The molecule has 41 heavy (non-hydrogen) atoms. The lowest BCUT2D eigenvalue weighted by Gasteiger charge is -2.28. The number of morpholine rings is 1. The number of pyridine rings is 2. The molecule has 2 aliphatic rings. The number of carbonyl (C=O) groups excluding carboxylic acids is 1. The number of carbonyl (C=O) groups is 1. The number of ether oxygens (including phenoxy) is 3. The Morgan fingerprint density at radius 1 is 0.976 bits per heavy atom. The van der Waals surface area contributed by atoms with Gasteiger partial charge in [-0.25, -0.2) is 9.37 Å². The molecule has 0 aliphatic carbocycles. The molecule has 0 atom stereocenters. The number of halogens is 1. The second-order valence-corrected chi connectivity index (χ2v) is 10.1. The van der Waals surface area contributed by atoms with E-state index in [2.05, 4.69) is 11.0 Å². The molecule has 0 unspecified atom stereocenters. The summed E-state index contributed by atoms with van der Waals surface area (Å²) < 4.78 is 31.2. The van der Waals surface area contributed by atoms with Crippen LogP contribution in [-0.2, 0) is 24.2 Å². The van der Waals surface area contributed by atoms with Gasteiger partial charge in [0.25, 0.3) is 5.91 Å². The lowest BCUT2D eigenvalue weighted by atomic mass is 9.99. The molecular formula is C32H31FN4O4. The van der Waals surface area contributed by atoms with Crippen LogP contribution in [0.1, 0.15) is 32.9 Å². The quantitative estimate of drug-likeness (QED) is 0.307. The highest BCUT2D eigenvalue weighted by Crippen LogP contribution is 2.34. The first-order chi connectivity index (χ1) is 20.0. The number of hydrogen-bond donors (Lipinski definition) is 0. The summed E-state index contributed by atoms with van der Waals surface area (Å²) in [6.45, 7) is 3.70. The number of nitrogens with zero attached hydrogens (tertiary/aromatic N) is 4. The van der Waals surface area contributed by atoms with Gasteiger partial charge in [-0.3, -0.25) is 9.78 Å². The third-order valence-corrected chi connectivity index (χ3v) is 7.58. The Hall–Kier alpha value is -4.50. The summed E-state index contributed by atoms with van der Waals surface area (Å²) in [5.41, 5.74) is 5.56. The van der Waals surface area contributed by atoms with Crippen molar-refractivity contribution in [3.05, 3.63) is 101 Å². The predicted molar refractivity (Wildman–Crippen MR) is 153 cm³/mol. The molecule has 1 amide bonds. The molecule has 2 aromatic heterocycles. The van der Waals surface area contributed by atoms with E-state index in [0.717, 1.165) is 35.6 Å². The largest absolute Gasteiger partial charge is 0.497 e. The molecular weight excluding hydrogens is 523 g/mol. The molecule has 2 aromatic carbocycles. The van der Waals surface area contributed by atoms with Gasteiger partial charge < -0.3 is 24.0 Å². The van der Waals surface area contributed by atoms with Gasteiger partial charge in [-0.05, 0) is 48.0 Å². The molecule has 1 saturated heterocycles. The summed E-state index contributed by atoms with van der Waals surface area (Å²) >= 11 is 0. The Bertz CT molecular complexity index is 1570. The van der Waals surface area contributed by atoms with Crippen LogP contribution in [0.4, 0.5) is 10.1 Å². The van der Waals surface area contributed by atoms with E-state index in [1.807, 2.05) is 30.5 Å². The Morgan fingerprint density at radius 3 is 2.54 bits per heavy atom.